The normalized spacial score (nSPS) is 12.4. The monoisotopic (exact) mass is 138 g/mol. The van der Waals surface area contributed by atoms with E-state index in [9.17, 15) is 4.79 Å². The molecule has 0 aromatic heterocycles. The summed E-state index contributed by atoms with van der Waals surface area (Å²) >= 11 is 10.5. The molecule has 0 aromatic rings. The van der Waals surface area contributed by atoms with Crippen LogP contribution in [-0.4, -0.2) is 11.3 Å². The Labute approximate surface area is 51.9 Å². The van der Waals surface area contributed by atoms with Gasteiger partial charge in [0.15, 0.2) is 0 Å². The first-order valence-electron chi connectivity index (χ1n) is 1.73. The molecule has 0 amide bonds. The molecule has 0 spiro atoms. The van der Waals surface area contributed by atoms with Crippen LogP contribution in [0.4, 0.5) is 0 Å². The molecule has 3 heteroatoms. The van der Waals surface area contributed by atoms with E-state index in [0.717, 1.165) is 0 Å². The van der Waals surface area contributed by atoms with E-state index >= 15 is 0 Å². The van der Waals surface area contributed by atoms with Crippen LogP contribution in [-0.2, 0) is 4.79 Å². The van der Waals surface area contributed by atoms with E-state index in [4.69, 9.17) is 23.2 Å². The minimum atomic E-state index is -0.404. The van der Waals surface area contributed by atoms with Crippen LogP contribution in [0.5, 0.6) is 0 Å². The molecule has 0 saturated heterocycles. The van der Waals surface area contributed by atoms with Gasteiger partial charge in [-0.05, 0) is 6.92 Å². The molecule has 0 bridgehead atoms. The lowest BCUT2D eigenvalue weighted by molar-refractivity contribution is 0.567. The van der Waals surface area contributed by atoms with Gasteiger partial charge in [0, 0.05) is 0 Å². The van der Waals surface area contributed by atoms with E-state index in [1.807, 2.05) is 0 Å². The number of hydrogen-bond acceptors (Lipinski definition) is 1. The van der Waals surface area contributed by atoms with Crippen LogP contribution < -0.4 is 0 Å². The maximum atomic E-state index is 9.57. The van der Waals surface area contributed by atoms with E-state index in [0.29, 0.717) is 0 Å². The van der Waals surface area contributed by atoms with E-state index in [1.54, 1.807) is 6.92 Å². The number of allylic oxidation sites excluding steroid dienone is 1. The zero-order valence-corrected chi connectivity index (χ0v) is 5.25. The van der Waals surface area contributed by atoms with Gasteiger partial charge in [-0.25, -0.2) is 4.79 Å². The topological polar surface area (TPSA) is 17.1 Å². The first-order chi connectivity index (χ1) is 3.18. The highest BCUT2D eigenvalue weighted by molar-refractivity contribution is 6.40. The van der Waals surface area contributed by atoms with Crippen molar-refractivity contribution in [1.29, 1.82) is 0 Å². The molecule has 0 aliphatic carbocycles. The third-order valence-electron chi connectivity index (χ3n) is 0.447. The number of rotatable bonds is 1. The second kappa shape index (κ2) is 3.09. The molecule has 0 heterocycles. The SMILES string of the molecule is CC(Cl)C(Cl)=C=O. The van der Waals surface area contributed by atoms with E-state index in [2.05, 4.69) is 0 Å². The van der Waals surface area contributed by atoms with Gasteiger partial charge in [0.05, 0.1) is 5.38 Å². The third kappa shape index (κ3) is 2.69. The Kier molecular flexibility index (Phi) is 3.10. The second-order valence-corrected chi connectivity index (χ2v) is 2.13. The third-order valence-corrected chi connectivity index (χ3v) is 1.18. The van der Waals surface area contributed by atoms with Crippen molar-refractivity contribution in [2.24, 2.45) is 0 Å². The van der Waals surface area contributed by atoms with Gasteiger partial charge >= 0.3 is 0 Å². The van der Waals surface area contributed by atoms with Crippen LogP contribution in [0.3, 0.4) is 0 Å². The molecule has 0 fully saturated rings. The highest BCUT2D eigenvalue weighted by atomic mass is 35.5. The number of halogens is 2. The predicted octanol–water partition coefficient (Wildman–Crippen LogP) is 1.57. The average Bonchev–Trinajstić information content (AvgIpc) is 1.65. The summed E-state index contributed by atoms with van der Waals surface area (Å²) in [7, 11) is 0. The van der Waals surface area contributed by atoms with E-state index < -0.39 is 5.38 Å². The van der Waals surface area contributed by atoms with Gasteiger partial charge in [-0.3, -0.25) is 0 Å². The summed E-state index contributed by atoms with van der Waals surface area (Å²) in [5.41, 5.74) is 0. The van der Waals surface area contributed by atoms with Crippen molar-refractivity contribution in [3.8, 4) is 0 Å². The summed E-state index contributed by atoms with van der Waals surface area (Å²) in [6, 6.07) is 0. The van der Waals surface area contributed by atoms with Crippen molar-refractivity contribution < 1.29 is 4.79 Å². The highest BCUT2D eigenvalue weighted by Crippen LogP contribution is 2.08. The van der Waals surface area contributed by atoms with E-state index in [-0.39, 0.29) is 5.03 Å². The summed E-state index contributed by atoms with van der Waals surface area (Å²) in [5.74, 6) is 1.46. The summed E-state index contributed by atoms with van der Waals surface area (Å²) in [4.78, 5) is 9.57. The van der Waals surface area contributed by atoms with Gasteiger partial charge in [-0.1, -0.05) is 11.6 Å². The lowest BCUT2D eigenvalue weighted by Crippen LogP contribution is -1.88. The Morgan fingerprint density at radius 3 is 2.29 bits per heavy atom. The van der Waals surface area contributed by atoms with Crippen LogP contribution in [0.1, 0.15) is 6.92 Å². The van der Waals surface area contributed by atoms with Gasteiger partial charge in [0.25, 0.3) is 0 Å². The van der Waals surface area contributed by atoms with Crippen LogP contribution in [0.2, 0.25) is 0 Å². The Morgan fingerprint density at radius 1 is 1.86 bits per heavy atom. The van der Waals surface area contributed by atoms with Gasteiger partial charge in [0.1, 0.15) is 11.0 Å². The van der Waals surface area contributed by atoms with Crippen molar-refractivity contribution in [3.05, 3.63) is 5.03 Å². The molecule has 1 atom stereocenters. The van der Waals surface area contributed by atoms with Crippen molar-refractivity contribution in [3.63, 3.8) is 0 Å². The van der Waals surface area contributed by atoms with Crippen molar-refractivity contribution in [2.75, 3.05) is 0 Å². The maximum Gasteiger partial charge on any atom is 0.141 e. The molecular weight excluding hydrogens is 135 g/mol. The molecule has 0 aromatic carbocycles. The molecule has 1 nitrogen and oxygen atoms in total. The van der Waals surface area contributed by atoms with Crippen molar-refractivity contribution >= 4 is 29.1 Å². The number of alkyl halides is 1. The first kappa shape index (κ1) is 7.03. The first-order valence-corrected chi connectivity index (χ1v) is 2.54. The van der Waals surface area contributed by atoms with Gasteiger partial charge in [-0.15, -0.1) is 11.6 Å². The minimum Gasteiger partial charge on any atom is -0.232 e. The molecular formula is C4H4Cl2O. The Morgan fingerprint density at radius 2 is 2.29 bits per heavy atom. The standard InChI is InChI=1S/C4H4Cl2O/c1-3(5)4(6)2-7/h3H,1H3. The summed E-state index contributed by atoms with van der Waals surface area (Å²) in [6.07, 6.45) is 0. The van der Waals surface area contributed by atoms with Crippen LogP contribution >= 0.6 is 23.2 Å². The maximum absolute atomic E-state index is 9.57. The fraction of sp³-hybridized carbons (Fsp3) is 0.500. The Hall–Kier alpha value is 0.0300. The summed E-state index contributed by atoms with van der Waals surface area (Å²) < 4.78 is 0. The number of carbonyl (C=O) groups excluding carboxylic acids is 1. The smallest absolute Gasteiger partial charge is 0.141 e. The zero-order valence-electron chi connectivity index (χ0n) is 3.74. The molecule has 40 valence electrons. The Bertz CT molecular complexity index is 102. The van der Waals surface area contributed by atoms with Crippen LogP contribution in [0.15, 0.2) is 5.03 Å². The van der Waals surface area contributed by atoms with Gasteiger partial charge < -0.3 is 0 Å². The quantitative estimate of drug-likeness (QED) is 0.398. The van der Waals surface area contributed by atoms with Crippen molar-refractivity contribution in [2.45, 2.75) is 12.3 Å². The Balaban J connectivity index is 3.81. The number of hydrogen-bond donors (Lipinski definition) is 0. The zero-order chi connectivity index (χ0) is 5.86. The fourth-order valence-corrected chi connectivity index (χ4v) is 0.126. The summed E-state index contributed by atoms with van der Waals surface area (Å²) in [6.45, 7) is 1.61. The van der Waals surface area contributed by atoms with Crippen LogP contribution in [0.25, 0.3) is 0 Å². The molecule has 0 N–H and O–H groups in total. The van der Waals surface area contributed by atoms with Gasteiger partial charge in [-0.2, -0.15) is 0 Å². The molecule has 0 rings (SSSR count). The minimum absolute atomic E-state index is 0.0293. The average molecular weight is 139 g/mol. The van der Waals surface area contributed by atoms with Gasteiger partial charge in [0.2, 0.25) is 0 Å². The van der Waals surface area contributed by atoms with Crippen LogP contribution in [0, 0.1) is 0 Å². The lowest BCUT2D eigenvalue weighted by Gasteiger charge is -1.89. The van der Waals surface area contributed by atoms with Crippen molar-refractivity contribution in [1.82, 2.24) is 0 Å². The second-order valence-electron chi connectivity index (χ2n) is 1.07. The highest BCUT2D eigenvalue weighted by Gasteiger charge is 1.99. The lowest BCUT2D eigenvalue weighted by atomic mass is 10.5. The largest absolute Gasteiger partial charge is 0.232 e. The predicted molar refractivity (Wildman–Crippen MR) is 30.4 cm³/mol. The molecule has 0 aliphatic rings. The molecule has 0 radical (unpaired) electrons. The fourth-order valence-electron chi connectivity index (χ4n) is 0.0812. The molecule has 1 unspecified atom stereocenters. The van der Waals surface area contributed by atoms with E-state index in [1.165, 1.54) is 5.94 Å². The molecule has 0 saturated carbocycles. The summed E-state index contributed by atoms with van der Waals surface area (Å²) in [5, 5.41) is -0.374. The molecule has 7 heavy (non-hydrogen) atoms. The molecule has 0 aliphatic heterocycles.